The largest absolute Gasteiger partial charge is 0.422 e. The maximum absolute atomic E-state index is 10.2. The quantitative estimate of drug-likeness (QED) is 0.392. The lowest BCUT2D eigenvalue weighted by molar-refractivity contribution is -0.635. The summed E-state index contributed by atoms with van der Waals surface area (Å²) in [7, 11) is 0. The number of quaternary nitrogens is 1. The van der Waals surface area contributed by atoms with E-state index in [0.29, 0.717) is 4.90 Å². The molecular weight excluding hydrogens is 106 g/mol. The van der Waals surface area contributed by atoms with E-state index in [1.54, 1.807) is 6.20 Å². The minimum Gasteiger partial charge on any atom is -0.318 e. The van der Waals surface area contributed by atoms with E-state index in [9.17, 15) is 4.79 Å². The SMILES string of the molecule is NC(=O)[NH+]1C=CN=C1. The van der Waals surface area contributed by atoms with Gasteiger partial charge < -0.3 is 5.73 Å². The van der Waals surface area contributed by atoms with Crippen molar-refractivity contribution in [2.45, 2.75) is 0 Å². The number of hydrogen-bond acceptors (Lipinski definition) is 2. The summed E-state index contributed by atoms with van der Waals surface area (Å²) in [5.41, 5.74) is 4.88. The summed E-state index contributed by atoms with van der Waals surface area (Å²) in [6.45, 7) is 0. The van der Waals surface area contributed by atoms with Gasteiger partial charge >= 0.3 is 6.03 Å². The van der Waals surface area contributed by atoms with Crippen LogP contribution in [0.25, 0.3) is 0 Å². The third kappa shape index (κ3) is 0.737. The molecule has 4 nitrogen and oxygen atoms in total. The molecule has 0 aliphatic carbocycles. The van der Waals surface area contributed by atoms with Gasteiger partial charge in [-0.2, -0.15) is 4.90 Å². The molecule has 0 bridgehead atoms. The Balaban J connectivity index is 2.62. The number of amides is 2. The van der Waals surface area contributed by atoms with Crippen LogP contribution in [-0.4, -0.2) is 12.4 Å². The predicted octanol–water partition coefficient (Wildman–Crippen LogP) is -1.54. The Bertz CT molecular complexity index is 149. The number of carbonyl (C=O) groups is 1. The Morgan fingerprint density at radius 2 is 2.50 bits per heavy atom. The van der Waals surface area contributed by atoms with Crippen LogP contribution in [0.3, 0.4) is 0 Å². The van der Waals surface area contributed by atoms with E-state index in [1.165, 1.54) is 12.5 Å². The van der Waals surface area contributed by atoms with E-state index < -0.39 is 6.03 Å². The summed E-state index contributed by atoms with van der Waals surface area (Å²) in [5, 5.41) is 0. The predicted molar refractivity (Wildman–Crippen MR) is 28.2 cm³/mol. The molecule has 1 unspecified atom stereocenters. The highest BCUT2D eigenvalue weighted by Gasteiger charge is 2.11. The highest BCUT2D eigenvalue weighted by atomic mass is 16.2. The van der Waals surface area contributed by atoms with Crippen molar-refractivity contribution in [1.82, 2.24) is 0 Å². The molecule has 0 aromatic carbocycles. The van der Waals surface area contributed by atoms with Crippen LogP contribution in [-0.2, 0) is 0 Å². The zero-order valence-electron chi connectivity index (χ0n) is 4.16. The first-order chi connectivity index (χ1) is 3.80. The van der Waals surface area contributed by atoms with E-state index in [-0.39, 0.29) is 0 Å². The molecule has 0 saturated carbocycles. The second-order valence-corrected chi connectivity index (χ2v) is 1.41. The Morgan fingerprint density at radius 1 is 1.75 bits per heavy atom. The van der Waals surface area contributed by atoms with Gasteiger partial charge in [0.2, 0.25) is 6.34 Å². The fourth-order valence-electron chi connectivity index (χ4n) is 0.435. The van der Waals surface area contributed by atoms with Crippen LogP contribution in [0, 0.1) is 0 Å². The van der Waals surface area contributed by atoms with Crippen molar-refractivity contribution >= 4 is 12.4 Å². The van der Waals surface area contributed by atoms with Gasteiger partial charge in [-0.1, -0.05) is 0 Å². The summed E-state index contributed by atoms with van der Waals surface area (Å²) < 4.78 is 0. The minimum atomic E-state index is -0.428. The molecular formula is C4H6N3O+. The molecule has 0 fully saturated rings. The summed E-state index contributed by atoms with van der Waals surface area (Å²) in [5.74, 6) is 0. The molecule has 3 N–H and O–H groups in total. The van der Waals surface area contributed by atoms with Gasteiger partial charge in [-0.3, -0.25) is 0 Å². The maximum atomic E-state index is 10.2. The van der Waals surface area contributed by atoms with Gasteiger partial charge in [-0.05, 0) is 0 Å². The summed E-state index contributed by atoms with van der Waals surface area (Å²) in [4.78, 5) is 14.3. The van der Waals surface area contributed by atoms with Gasteiger partial charge in [-0.15, -0.1) is 0 Å². The van der Waals surface area contributed by atoms with Crippen molar-refractivity contribution in [3.8, 4) is 0 Å². The van der Waals surface area contributed by atoms with Crippen LogP contribution in [0.1, 0.15) is 0 Å². The molecule has 1 rings (SSSR count). The summed E-state index contributed by atoms with van der Waals surface area (Å²) in [6.07, 6.45) is 4.53. The van der Waals surface area contributed by atoms with Gasteiger partial charge in [0.15, 0.2) is 0 Å². The Hall–Kier alpha value is -1.16. The number of nitrogens with zero attached hydrogens (tertiary/aromatic N) is 1. The second-order valence-electron chi connectivity index (χ2n) is 1.41. The van der Waals surface area contributed by atoms with E-state index in [0.717, 1.165) is 0 Å². The van der Waals surface area contributed by atoms with Crippen LogP contribution >= 0.6 is 0 Å². The monoisotopic (exact) mass is 112 g/mol. The Morgan fingerprint density at radius 3 is 2.75 bits per heavy atom. The molecule has 0 spiro atoms. The maximum Gasteiger partial charge on any atom is 0.422 e. The van der Waals surface area contributed by atoms with Gasteiger partial charge in [0.05, 0.1) is 6.20 Å². The lowest BCUT2D eigenvalue weighted by Gasteiger charge is -1.92. The van der Waals surface area contributed by atoms with Crippen LogP contribution in [0.5, 0.6) is 0 Å². The number of nitrogens with one attached hydrogen (secondary N) is 1. The second kappa shape index (κ2) is 1.75. The Labute approximate surface area is 46.3 Å². The summed E-state index contributed by atoms with van der Waals surface area (Å²) >= 11 is 0. The van der Waals surface area contributed by atoms with Crippen LogP contribution < -0.4 is 10.6 Å². The van der Waals surface area contributed by atoms with Crippen LogP contribution in [0.4, 0.5) is 4.79 Å². The van der Waals surface area contributed by atoms with E-state index in [4.69, 9.17) is 5.73 Å². The van der Waals surface area contributed by atoms with Crippen LogP contribution in [0.15, 0.2) is 17.4 Å². The van der Waals surface area contributed by atoms with Gasteiger partial charge in [0.25, 0.3) is 0 Å². The topological polar surface area (TPSA) is 59.9 Å². The number of primary amides is 1. The van der Waals surface area contributed by atoms with E-state index in [1.807, 2.05) is 0 Å². The molecule has 8 heavy (non-hydrogen) atoms. The number of hydrogen-bond donors (Lipinski definition) is 2. The van der Waals surface area contributed by atoms with Crippen molar-refractivity contribution in [3.63, 3.8) is 0 Å². The molecule has 42 valence electrons. The number of urea groups is 1. The van der Waals surface area contributed by atoms with Gasteiger partial charge in [-0.25, -0.2) is 9.79 Å². The Kier molecular flexibility index (Phi) is 1.09. The van der Waals surface area contributed by atoms with Gasteiger partial charge in [0, 0.05) is 0 Å². The van der Waals surface area contributed by atoms with Crippen LogP contribution in [0.2, 0.25) is 0 Å². The lowest BCUT2D eigenvalue weighted by atomic mass is 10.8. The van der Waals surface area contributed by atoms with Crippen molar-refractivity contribution < 1.29 is 9.69 Å². The standard InChI is InChI=1S/C4H5N3O/c5-4(8)7-2-1-6-3-7/h1-3H,(H2,5,8)/p+1. The van der Waals surface area contributed by atoms with E-state index in [2.05, 4.69) is 4.99 Å². The third-order valence-corrected chi connectivity index (χ3v) is 0.838. The van der Waals surface area contributed by atoms with Crippen molar-refractivity contribution in [2.24, 2.45) is 10.7 Å². The lowest BCUT2D eigenvalue weighted by Crippen LogP contribution is -3.09. The highest BCUT2D eigenvalue weighted by Crippen LogP contribution is 1.68. The smallest absolute Gasteiger partial charge is 0.318 e. The average molecular weight is 112 g/mol. The zero-order valence-corrected chi connectivity index (χ0v) is 4.16. The number of nitrogens with two attached hydrogens (primary N) is 1. The molecule has 0 saturated heterocycles. The van der Waals surface area contributed by atoms with Crippen molar-refractivity contribution in [3.05, 3.63) is 12.4 Å². The molecule has 0 aromatic rings. The first-order valence-electron chi connectivity index (χ1n) is 2.17. The van der Waals surface area contributed by atoms with Gasteiger partial charge in [0.1, 0.15) is 6.20 Å². The number of carbonyl (C=O) groups excluding carboxylic acids is 1. The van der Waals surface area contributed by atoms with Crippen molar-refractivity contribution in [2.75, 3.05) is 0 Å². The fourth-order valence-corrected chi connectivity index (χ4v) is 0.435. The molecule has 1 aliphatic rings. The molecule has 4 heteroatoms. The molecule has 0 radical (unpaired) electrons. The molecule has 2 amide bonds. The number of rotatable bonds is 0. The zero-order chi connectivity index (χ0) is 5.98. The third-order valence-electron chi connectivity index (χ3n) is 0.838. The average Bonchev–Trinajstić information content (AvgIpc) is 2.12. The minimum absolute atomic E-state index is 0.428. The normalized spacial score (nSPS) is 24.2. The van der Waals surface area contributed by atoms with E-state index >= 15 is 0 Å². The summed E-state index contributed by atoms with van der Waals surface area (Å²) in [6, 6.07) is -0.428. The molecule has 0 aromatic heterocycles. The van der Waals surface area contributed by atoms with Crippen molar-refractivity contribution in [1.29, 1.82) is 0 Å². The molecule has 1 atom stereocenters. The molecule has 1 heterocycles. The fraction of sp³-hybridized carbons (Fsp3) is 0. The first kappa shape index (κ1) is 4.99. The number of aliphatic imine (C=N–C) groups is 1. The first-order valence-corrected chi connectivity index (χ1v) is 2.17. The highest BCUT2D eigenvalue weighted by molar-refractivity contribution is 5.71. The molecule has 1 aliphatic heterocycles.